The molecule has 3 heterocycles. The molecule has 2 N–H and O–H groups in total. The van der Waals surface area contributed by atoms with Gasteiger partial charge in [0.1, 0.15) is 5.65 Å². The van der Waals surface area contributed by atoms with Gasteiger partial charge < -0.3 is 20.1 Å². The minimum absolute atomic E-state index is 0.0395. The molecule has 2 aromatic rings. The fourth-order valence-electron chi connectivity index (χ4n) is 3.94. The molecule has 0 radical (unpaired) electrons. The summed E-state index contributed by atoms with van der Waals surface area (Å²) in [6.07, 6.45) is 7.04. The molecule has 2 aliphatic rings. The second kappa shape index (κ2) is 8.78. The van der Waals surface area contributed by atoms with Gasteiger partial charge in [-0.25, -0.2) is 0 Å². The molecule has 0 aromatic carbocycles. The lowest BCUT2D eigenvalue weighted by molar-refractivity contribution is -0.125. The van der Waals surface area contributed by atoms with E-state index in [1.165, 1.54) is 16.8 Å². The van der Waals surface area contributed by atoms with E-state index in [0.29, 0.717) is 30.8 Å². The highest BCUT2D eigenvalue weighted by Crippen LogP contribution is 2.24. The monoisotopic (exact) mass is 443 g/mol. The van der Waals surface area contributed by atoms with Crippen LogP contribution in [0, 0.1) is 5.92 Å². The Hall–Kier alpha value is -3.14. The first-order valence-electron chi connectivity index (χ1n) is 10.9. The molecule has 2 fully saturated rings. The summed E-state index contributed by atoms with van der Waals surface area (Å²) in [6.45, 7) is 5.45. The maximum Gasteiger partial charge on any atom is 0.291 e. The van der Waals surface area contributed by atoms with E-state index < -0.39 is 17.3 Å². The number of nitrogens with one attached hydrogen (secondary N) is 1. The van der Waals surface area contributed by atoms with E-state index in [9.17, 15) is 19.5 Å². The number of nitrogens with zero attached hydrogens (tertiary/aromatic N) is 4. The number of aromatic nitrogens is 3. The van der Waals surface area contributed by atoms with Crippen molar-refractivity contribution >= 4 is 23.5 Å². The number of carbonyl (C=O) groups is 2. The van der Waals surface area contributed by atoms with E-state index in [-0.39, 0.29) is 29.5 Å². The first kappa shape index (κ1) is 22.1. The Morgan fingerprint density at radius 1 is 1.34 bits per heavy atom. The van der Waals surface area contributed by atoms with Crippen LogP contribution >= 0.6 is 0 Å². The summed E-state index contributed by atoms with van der Waals surface area (Å²) in [6, 6.07) is 0.0426. The molecule has 1 atom stereocenters. The number of carbonyl (C=O) groups excluding carboxylic acids is 2. The lowest BCUT2D eigenvalue weighted by atomic mass is 10.2. The quantitative estimate of drug-likeness (QED) is 0.617. The molecule has 1 saturated heterocycles. The smallest absolute Gasteiger partial charge is 0.291 e. The van der Waals surface area contributed by atoms with Crippen LogP contribution in [-0.4, -0.2) is 68.3 Å². The van der Waals surface area contributed by atoms with E-state index >= 15 is 0 Å². The van der Waals surface area contributed by atoms with Gasteiger partial charge in [0, 0.05) is 44.4 Å². The van der Waals surface area contributed by atoms with Crippen molar-refractivity contribution in [2.45, 2.75) is 51.8 Å². The average molecular weight is 444 g/mol. The van der Waals surface area contributed by atoms with Crippen LogP contribution in [0.4, 0.5) is 0 Å². The third kappa shape index (κ3) is 4.27. The van der Waals surface area contributed by atoms with Gasteiger partial charge in [-0.05, 0) is 31.3 Å². The molecule has 1 saturated carbocycles. The third-order valence-electron chi connectivity index (χ3n) is 5.80. The molecular formula is C22H29N5O5. The van der Waals surface area contributed by atoms with Crippen molar-refractivity contribution < 1.29 is 19.4 Å². The fourth-order valence-corrected chi connectivity index (χ4v) is 3.94. The summed E-state index contributed by atoms with van der Waals surface area (Å²) < 4.78 is 7.94. The van der Waals surface area contributed by atoms with E-state index in [1.54, 1.807) is 18.1 Å². The number of hydrogen-bond donors (Lipinski definition) is 2. The van der Waals surface area contributed by atoms with Crippen molar-refractivity contribution in [2.75, 3.05) is 20.2 Å². The van der Waals surface area contributed by atoms with Crippen molar-refractivity contribution in [1.82, 2.24) is 24.4 Å². The van der Waals surface area contributed by atoms with Crippen LogP contribution in [-0.2, 0) is 16.1 Å². The highest BCUT2D eigenvalue weighted by Gasteiger charge is 2.30. The SMILES string of the molecule is CO[C@@H]1CCN(C(=O)/C=C/c2cnn3c(=O)c(C(=O)NC4CC4)c(O)n(CC(C)C)c23)C1. The van der Waals surface area contributed by atoms with Gasteiger partial charge in [0.15, 0.2) is 5.56 Å². The summed E-state index contributed by atoms with van der Waals surface area (Å²) in [4.78, 5) is 39.9. The highest BCUT2D eigenvalue weighted by atomic mass is 16.5. The van der Waals surface area contributed by atoms with Crippen LogP contribution in [0.3, 0.4) is 0 Å². The highest BCUT2D eigenvalue weighted by molar-refractivity contribution is 5.97. The third-order valence-corrected chi connectivity index (χ3v) is 5.80. The molecule has 32 heavy (non-hydrogen) atoms. The number of aromatic hydroxyl groups is 1. The van der Waals surface area contributed by atoms with Gasteiger partial charge in [0.2, 0.25) is 11.8 Å². The number of fused-ring (bicyclic) bond motifs is 1. The van der Waals surface area contributed by atoms with Gasteiger partial charge in [-0.2, -0.15) is 9.61 Å². The summed E-state index contributed by atoms with van der Waals surface area (Å²) >= 11 is 0. The molecule has 0 bridgehead atoms. The first-order chi connectivity index (χ1) is 15.3. The number of ether oxygens (including phenoxy) is 1. The maximum atomic E-state index is 13.0. The topological polar surface area (TPSA) is 118 Å². The van der Waals surface area contributed by atoms with E-state index in [2.05, 4.69) is 10.4 Å². The molecule has 0 unspecified atom stereocenters. The Kier molecular flexibility index (Phi) is 6.05. The van der Waals surface area contributed by atoms with E-state index in [0.717, 1.165) is 23.8 Å². The van der Waals surface area contributed by atoms with Crippen molar-refractivity contribution in [3.8, 4) is 5.88 Å². The second-order valence-corrected chi connectivity index (χ2v) is 8.86. The van der Waals surface area contributed by atoms with Crippen LogP contribution in [0.25, 0.3) is 11.7 Å². The Morgan fingerprint density at radius 3 is 2.72 bits per heavy atom. The molecule has 2 aromatic heterocycles. The molecular weight excluding hydrogens is 414 g/mol. The van der Waals surface area contributed by atoms with E-state index in [1.807, 2.05) is 13.8 Å². The maximum absolute atomic E-state index is 13.0. The Balaban J connectivity index is 1.72. The molecule has 172 valence electrons. The molecule has 1 aliphatic carbocycles. The molecule has 10 heteroatoms. The van der Waals surface area contributed by atoms with Crippen LogP contribution < -0.4 is 10.9 Å². The Bertz CT molecular complexity index is 1130. The van der Waals surface area contributed by atoms with Crippen LogP contribution in [0.5, 0.6) is 5.88 Å². The fraction of sp³-hybridized carbons (Fsp3) is 0.545. The first-order valence-corrected chi connectivity index (χ1v) is 10.9. The molecule has 1 aliphatic heterocycles. The van der Waals surface area contributed by atoms with E-state index in [4.69, 9.17) is 4.74 Å². The summed E-state index contributed by atoms with van der Waals surface area (Å²) in [5.74, 6) is -1.03. The normalized spacial score (nSPS) is 18.9. The number of likely N-dealkylation sites (tertiary alicyclic amines) is 1. The van der Waals surface area contributed by atoms with Crippen molar-refractivity contribution in [2.24, 2.45) is 5.92 Å². The average Bonchev–Trinajstić information content (AvgIpc) is 3.26. The van der Waals surface area contributed by atoms with Crippen molar-refractivity contribution in [3.05, 3.63) is 33.8 Å². The molecule has 2 amide bonds. The zero-order chi connectivity index (χ0) is 23.0. The van der Waals surface area contributed by atoms with Gasteiger partial charge in [0.25, 0.3) is 11.5 Å². The van der Waals surface area contributed by atoms with Crippen LogP contribution in [0.1, 0.15) is 49.0 Å². The van der Waals surface area contributed by atoms with Crippen molar-refractivity contribution in [1.29, 1.82) is 0 Å². The Labute approximate surface area is 185 Å². The predicted molar refractivity (Wildman–Crippen MR) is 117 cm³/mol. The standard InChI is InChI=1S/C22H29N5O5/c1-13(2)11-26-20-14(4-7-17(28)25-9-8-16(12-25)32-3)10-23-27(20)22(31)18(21(26)30)19(29)24-15-5-6-15/h4,7,10,13,15-16,30H,5-6,8-9,11-12H2,1-3H3,(H,24,29)/b7-4+/t16-/m1/s1. The van der Waals surface area contributed by atoms with Crippen LogP contribution in [0.15, 0.2) is 17.1 Å². The largest absolute Gasteiger partial charge is 0.494 e. The number of methoxy groups -OCH3 is 1. The summed E-state index contributed by atoms with van der Waals surface area (Å²) in [5.41, 5.74) is -0.168. The number of amides is 2. The van der Waals surface area contributed by atoms with Crippen LogP contribution in [0.2, 0.25) is 0 Å². The van der Waals surface area contributed by atoms with Gasteiger partial charge in [-0.3, -0.25) is 19.0 Å². The molecule has 0 spiro atoms. The second-order valence-electron chi connectivity index (χ2n) is 8.86. The predicted octanol–water partition coefficient (Wildman–Crippen LogP) is 1.01. The van der Waals surface area contributed by atoms with Gasteiger partial charge >= 0.3 is 0 Å². The van der Waals surface area contributed by atoms with Gasteiger partial charge in [-0.1, -0.05) is 13.8 Å². The number of hydrogen-bond acceptors (Lipinski definition) is 6. The number of rotatable bonds is 7. The Morgan fingerprint density at radius 2 is 2.09 bits per heavy atom. The lowest BCUT2D eigenvalue weighted by Gasteiger charge is -2.17. The van der Waals surface area contributed by atoms with Crippen molar-refractivity contribution in [3.63, 3.8) is 0 Å². The minimum atomic E-state index is -0.691. The van der Waals surface area contributed by atoms with Gasteiger partial charge in [0.05, 0.1) is 12.3 Å². The zero-order valence-corrected chi connectivity index (χ0v) is 18.6. The zero-order valence-electron chi connectivity index (χ0n) is 18.6. The summed E-state index contributed by atoms with van der Waals surface area (Å²) in [7, 11) is 1.63. The summed E-state index contributed by atoms with van der Waals surface area (Å²) in [5, 5.41) is 17.8. The van der Waals surface area contributed by atoms with Gasteiger partial charge in [-0.15, -0.1) is 0 Å². The molecule has 4 rings (SSSR count). The molecule has 10 nitrogen and oxygen atoms in total. The minimum Gasteiger partial charge on any atom is -0.494 e. The lowest BCUT2D eigenvalue weighted by Crippen LogP contribution is -2.34.